The summed E-state index contributed by atoms with van der Waals surface area (Å²) < 4.78 is 2.30. The summed E-state index contributed by atoms with van der Waals surface area (Å²) in [5.74, 6) is 1.42. The van der Waals surface area contributed by atoms with Gasteiger partial charge in [-0.25, -0.2) is 19.9 Å². The van der Waals surface area contributed by atoms with Crippen molar-refractivity contribution in [3.8, 4) is 78.8 Å². The Morgan fingerprint density at radius 3 is 1.35 bits per heavy atom. The molecule has 258 valence electrons. The van der Waals surface area contributed by atoms with Gasteiger partial charge in [0.25, 0.3) is 0 Å². The summed E-state index contributed by atoms with van der Waals surface area (Å²) in [6.45, 7) is 0. The summed E-state index contributed by atoms with van der Waals surface area (Å²) in [5.41, 5.74) is 13.3. The van der Waals surface area contributed by atoms with E-state index in [1.165, 1.54) is 4.70 Å². The summed E-state index contributed by atoms with van der Waals surface area (Å²) in [6.07, 6.45) is 0. The second-order valence-corrected chi connectivity index (χ2v) is 14.5. The zero-order valence-electron chi connectivity index (χ0n) is 29.7. The van der Waals surface area contributed by atoms with E-state index < -0.39 is 0 Å². The molecule has 0 radical (unpaired) electrons. The van der Waals surface area contributed by atoms with E-state index in [1.54, 1.807) is 11.3 Å². The molecule has 4 nitrogen and oxygen atoms in total. The summed E-state index contributed by atoms with van der Waals surface area (Å²) in [7, 11) is 0. The number of nitrogens with zero attached hydrogens (tertiary/aromatic N) is 4. The van der Waals surface area contributed by atoms with Crippen molar-refractivity contribution in [2.24, 2.45) is 0 Å². The normalized spacial score (nSPS) is 11.3. The number of benzene rings is 7. The third kappa shape index (κ3) is 6.37. The molecule has 0 bridgehead atoms. The molecule has 0 aliphatic rings. The molecule has 0 atom stereocenters. The molecule has 0 spiro atoms. The van der Waals surface area contributed by atoms with E-state index in [2.05, 4.69) is 140 Å². The van der Waals surface area contributed by atoms with Gasteiger partial charge in [0.1, 0.15) is 0 Å². The summed E-state index contributed by atoms with van der Waals surface area (Å²) in [4.78, 5) is 20.5. The fraction of sp³-hybridized carbons (Fsp3) is 0. The van der Waals surface area contributed by atoms with Gasteiger partial charge in [-0.05, 0) is 52.6 Å². The number of aromatic nitrogens is 4. The quantitative estimate of drug-likeness (QED) is 0.164. The molecule has 0 aliphatic heterocycles. The molecular formula is C50H32N4S. The molecule has 55 heavy (non-hydrogen) atoms. The Labute approximate surface area is 323 Å². The van der Waals surface area contributed by atoms with E-state index in [0.717, 1.165) is 88.6 Å². The fourth-order valence-electron chi connectivity index (χ4n) is 7.16. The van der Waals surface area contributed by atoms with Crippen LogP contribution in [0.25, 0.3) is 99.1 Å². The van der Waals surface area contributed by atoms with E-state index in [0.29, 0.717) is 5.82 Å². The smallest absolute Gasteiger partial charge is 0.160 e. The zero-order valence-corrected chi connectivity index (χ0v) is 30.5. The van der Waals surface area contributed by atoms with Crippen molar-refractivity contribution >= 4 is 31.6 Å². The Morgan fingerprint density at radius 1 is 0.309 bits per heavy atom. The van der Waals surface area contributed by atoms with E-state index in [9.17, 15) is 0 Å². The first kappa shape index (κ1) is 32.6. The van der Waals surface area contributed by atoms with Gasteiger partial charge < -0.3 is 0 Å². The minimum absolute atomic E-state index is 0.693. The largest absolute Gasteiger partial charge is 0.228 e. The van der Waals surface area contributed by atoms with Crippen LogP contribution in [0.4, 0.5) is 0 Å². The monoisotopic (exact) mass is 720 g/mol. The lowest BCUT2D eigenvalue weighted by Gasteiger charge is -2.12. The molecule has 3 aromatic heterocycles. The number of thiophene rings is 1. The number of hydrogen-bond acceptors (Lipinski definition) is 5. The fourth-order valence-corrected chi connectivity index (χ4v) is 8.31. The first-order valence-electron chi connectivity index (χ1n) is 18.3. The van der Waals surface area contributed by atoms with Crippen LogP contribution in [0.5, 0.6) is 0 Å². The maximum absolute atomic E-state index is 5.21. The summed E-state index contributed by atoms with van der Waals surface area (Å²) in [5, 5.41) is 1.16. The highest BCUT2D eigenvalue weighted by Gasteiger charge is 2.17. The molecule has 10 rings (SSSR count). The van der Waals surface area contributed by atoms with E-state index >= 15 is 0 Å². The summed E-state index contributed by atoms with van der Waals surface area (Å²) >= 11 is 1.75. The third-order valence-corrected chi connectivity index (χ3v) is 11.1. The lowest BCUT2D eigenvalue weighted by atomic mass is 9.96. The number of rotatable bonds is 7. The van der Waals surface area contributed by atoms with Crippen LogP contribution in [0.2, 0.25) is 0 Å². The minimum atomic E-state index is 0.693. The predicted molar refractivity (Wildman–Crippen MR) is 229 cm³/mol. The molecule has 7 aromatic carbocycles. The lowest BCUT2D eigenvalue weighted by molar-refractivity contribution is 1.18. The Bertz CT molecular complexity index is 2920. The van der Waals surface area contributed by atoms with E-state index in [4.69, 9.17) is 19.9 Å². The van der Waals surface area contributed by atoms with Crippen LogP contribution in [0, 0.1) is 0 Å². The molecule has 0 amide bonds. The first-order chi connectivity index (χ1) is 27.2. The van der Waals surface area contributed by atoms with Gasteiger partial charge in [-0.3, -0.25) is 0 Å². The topological polar surface area (TPSA) is 51.6 Å². The highest BCUT2D eigenvalue weighted by Crippen LogP contribution is 2.40. The molecule has 3 heterocycles. The van der Waals surface area contributed by atoms with Crippen molar-refractivity contribution in [3.05, 3.63) is 194 Å². The van der Waals surface area contributed by atoms with Crippen LogP contribution in [-0.4, -0.2) is 19.9 Å². The highest BCUT2D eigenvalue weighted by atomic mass is 32.1. The lowest BCUT2D eigenvalue weighted by Crippen LogP contribution is -1.96. The van der Waals surface area contributed by atoms with Crippen LogP contribution < -0.4 is 0 Å². The van der Waals surface area contributed by atoms with Crippen LogP contribution in [0.1, 0.15) is 0 Å². The standard InChI is InChI=1S/C50H32N4S/c1-4-15-33(16-5-1)43-32-44(34-17-6-2-7-18-34)52-50(51-43)41-26-14-24-39(31-41)37-22-12-21-36(29-37)38-23-13-25-40(30-38)46-48-47(42-27-10-11-28-45(42)55-48)54-49(53-46)35-19-8-3-9-20-35/h1-32H. The minimum Gasteiger partial charge on any atom is -0.228 e. The summed E-state index contributed by atoms with van der Waals surface area (Å²) in [6, 6.07) is 67.4. The number of hydrogen-bond donors (Lipinski definition) is 0. The van der Waals surface area contributed by atoms with Gasteiger partial charge in [-0.2, -0.15) is 0 Å². The Balaban J connectivity index is 1.04. The van der Waals surface area contributed by atoms with Gasteiger partial charge in [0.15, 0.2) is 11.6 Å². The van der Waals surface area contributed by atoms with E-state index in [1.807, 2.05) is 54.6 Å². The molecule has 0 saturated carbocycles. The van der Waals surface area contributed by atoms with Crippen LogP contribution in [0.15, 0.2) is 194 Å². The van der Waals surface area contributed by atoms with E-state index in [-0.39, 0.29) is 0 Å². The molecular weight excluding hydrogens is 689 g/mol. The molecule has 10 aromatic rings. The molecule has 0 aliphatic carbocycles. The van der Waals surface area contributed by atoms with Gasteiger partial charge in [0.05, 0.1) is 27.3 Å². The predicted octanol–water partition coefficient (Wildman–Crippen LogP) is 13.3. The van der Waals surface area contributed by atoms with Crippen LogP contribution >= 0.6 is 11.3 Å². The van der Waals surface area contributed by atoms with Crippen LogP contribution in [-0.2, 0) is 0 Å². The second kappa shape index (κ2) is 14.0. The third-order valence-electron chi connectivity index (χ3n) is 9.90. The average Bonchev–Trinajstić information content (AvgIpc) is 3.66. The van der Waals surface area contributed by atoms with Crippen LogP contribution in [0.3, 0.4) is 0 Å². The highest BCUT2D eigenvalue weighted by molar-refractivity contribution is 7.26. The van der Waals surface area contributed by atoms with Crippen molar-refractivity contribution in [1.29, 1.82) is 0 Å². The molecule has 5 heteroatoms. The van der Waals surface area contributed by atoms with Gasteiger partial charge in [0.2, 0.25) is 0 Å². The first-order valence-corrected chi connectivity index (χ1v) is 19.1. The molecule has 0 saturated heterocycles. The average molecular weight is 721 g/mol. The number of fused-ring (bicyclic) bond motifs is 3. The van der Waals surface area contributed by atoms with Crippen molar-refractivity contribution in [2.75, 3.05) is 0 Å². The van der Waals surface area contributed by atoms with Crippen molar-refractivity contribution < 1.29 is 0 Å². The Hall–Kier alpha value is -7.08. The van der Waals surface area contributed by atoms with Crippen molar-refractivity contribution in [3.63, 3.8) is 0 Å². The maximum Gasteiger partial charge on any atom is 0.160 e. The Kier molecular flexibility index (Phi) is 8.32. The second-order valence-electron chi connectivity index (χ2n) is 13.5. The Morgan fingerprint density at radius 2 is 0.745 bits per heavy atom. The molecule has 0 unspecified atom stereocenters. The maximum atomic E-state index is 5.21. The molecule has 0 N–H and O–H groups in total. The van der Waals surface area contributed by atoms with Gasteiger partial charge in [0, 0.05) is 37.9 Å². The van der Waals surface area contributed by atoms with Gasteiger partial charge >= 0.3 is 0 Å². The van der Waals surface area contributed by atoms with Crippen molar-refractivity contribution in [1.82, 2.24) is 19.9 Å². The van der Waals surface area contributed by atoms with Gasteiger partial charge in [-0.1, -0.05) is 164 Å². The SMILES string of the molecule is c1ccc(-c2cc(-c3ccccc3)nc(-c3cccc(-c4cccc(-c5cccc(-c6nc(-c7ccccc7)nc7c6sc6ccccc67)c5)c4)c3)n2)cc1. The van der Waals surface area contributed by atoms with Crippen molar-refractivity contribution in [2.45, 2.75) is 0 Å². The molecule has 0 fully saturated rings. The van der Waals surface area contributed by atoms with Gasteiger partial charge in [-0.15, -0.1) is 11.3 Å². The zero-order chi connectivity index (χ0) is 36.6.